The Morgan fingerprint density at radius 3 is 2.25 bits per heavy atom. The van der Waals surface area contributed by atoms with Gasteiger partial charge in [0.2, 0.25) is 0 Å². The van der Waals surface area contributed by atoms with Crippen LogP contribution in [0.2, 0.25) is 0 Å². The molecule has 0 aliphatic heterocycles. The summed E-state index contributed by atoms with van der Waals surface area (Å²) in [4.78, 5) is 0. The van der Waals surface area contributed by atoms with E-state index >= 15 is 0 Å². The first-order chi connectivity index (χ1) is 7.22. The van der Waals surface area contributed by atoms with Crippen molar-refractivity contribution in [1.29, 1.82) is 0 Å². The molecule has 0 aliphatic rings. The molecular formula is C11H18ClNO3. The summed E-state index contributed by atoms with van der Waals surface area (Å²) in [6, 6.07) is 7.21. The summed E-state index contributed by atoms with van der Waals surface area (Å²) >= 11 is 0. The molecule has 16 heavy (non-hydrogen) atoms. The summed E-state index contributed by atoms with van der Waals surface area (Å²) in [7, 11) is 4.75. The van der Waals surface area contributed by atoms with Crippen molar-refractivity contribution in [1.82, 2.24) is 0 Å². The van der Waals surface area contributed by atoms with E-state index in [0.717, 1.165) is 11.3 Å². The molecule has 0 saturated heterocycles. The lowest BCUT2D eigenvalue weighted by Gasteiger charge is -2.21. The summed E-state index contributed by atoms with van der Waals surface area (Å²) in [6.07, 6.45) is -0.447. The number of halogens is 1. The van der Waals surface area contributed by atoms with Crippen LogP contribution in [0.25, 0.3) is 0 Å². The molecule has 0 fully saturated rings. The molecule has 5 heteroatoms. The topological polar surface area (TPSA) is 53.7 Å². The molecule has 0 amide bonds. The molecule has 0 aliphatic carbocycles. The van der Waals surface area contributed by atoms with Crippen LogP contribution in [-0.2, 0) is 9.47 Å². The number of hydrogen-bond donors (Lipinski definition) is 1. The highest BCUT2D eigenvalue weighted by Gasteiger charge is 2.18. The van der Waals surface area contributed by atoms with Crippen LogP contribution in [-0.4, -0.2) is 27.6 Å². The van der Waals surface area contributed by atoms with Gasteiger partial charge in [0.15, 0.2) is 6.29 Å². The zero-order valence-electron chi connectivity index (χ0n) is 9.67. The highest BCUT2D eigenvalue weighted by atomic mass is 35.5. The Labute approximate surface area is 102 Å². The van der Waals surface area contributed by atoms with Gasteiger partial charge >= 0.3 is 0 Å². The summed E-state index contributed by atoms with van der Waals surface area (Å²) in [5, 5.41) is 0. The number of ether oxygens (including phenoxy) is 3. The molecule has 1 unspecified atom stereocenters. The van der Waals surface area contributed by atoms with Crippen molar-refractivity contribution in [3.05, 3.63) is 29.8 Å². The fraction of sp³-hybridized carbons (Fsp3) is 0.455. The Bertz CT molecular complexity index is 305. The van der Waals surface area contributed by atoms with Gasteiger partial charge in [-0.2, -0.15) is 0 Å². The van der Waals surface area contributed by atoms with Crippen LogP contribution in [0.4, 0.5) is 0 Å². The van der Waals surface area contributed by atoms with Crippen molar-refractivity contribution in [2.24, 2.45) is 5.73 Å². The van der Waals surface area contributed by atoms with Gasteiger partial charge in [0.1, 0.15) is 5.75 Å². The largest absolute Gasteiger partial charge is 0.497 e. The van der Waals surface area contributed by atoms with Crippen molar-refractivity contribution < 1.29 is 14.2 Å². The Hall–Kier alpha value is -0.810. The summed E-state index contributed by atoms with van der Waals surface area (Å²) in [6.45, 7) is 0. The first kappa shape index (κ1) is 15.2. The average Bonchev–Trinajstić information content (AvgIpc) is 2.30. The van der Waals surface area contributed by atoms with E-state index in [-0.39, 0.29) is 18.4 Å². The Morgan fingerprint density at radius 2 is 1.75 bits per heavy atom. The minimum absolute atomic E-state index is 0. The van der Waals surface area contributed by atoms with Crippen molar-refractivity contribution in [3.63, 3.8) is 0 Å². The number of nitrogens with two attached hydrogens (primary N) is 1. The molecule has 0 heterocycles. The lowest BCUT2D eigenvalue weighted by molar-refractivity contribution is -0.117. The lowest BCUT2D eigenvalue weighted by atomic mass is 10.1. The van der Waals surface area contributed by atoms with Crippen LogP contribution in [0, 0.1) is 0 Å². The van der Waals surface area contributed by atoms with E-state index in [1.807, 2.05) is 24.3 Å². The average molecular weight is 248 g/mol. The zero-order chi connectivity index (χ0) is 11.3. The molecule has 92 valence electrons. The summed E-state index contributed by atoms with van der Waals surface area (Å²) in [5.74, 6) is 0.772. The third-order valence-corrected chi connectivity index (χ3v) is 2.24. The normalized spacial score (nSPS) is 12.1. The Kier molecular flexibility index (Phi) is 7.08. The smallest absolute Gasteiger partial charge is 0.176 e. The number of rotatable bonds is 5. The lowest BCUT2D eigenvalue weighted by Crippen LogP contribution is -2.29. The van der Waals surface area contributed by atoms with Gasteiger partial charge in [0.05, 0.1) is 13.2 Å². The van der Waals surface area contributed by atoms with Crippen molar-refractivity contribution in [2.45, 2.75) is 12.3 Å². The summed E-state index contributed by atoms with van der Waals surface area (Å²) in [5.41, 5.74) is 6.90. The van der Waals surface area contributed by atoms with Crippen LogP contribution in [0.15, 0.2) is 24.3 Å². The number of hydrogen-bond acceptors (Lipinski definition) is 4. The molecule has 0 radical (unpaired) electrons. The van der Waals surface area contributed by atoms with Gasteiger partial charge in [-0.3, -0.25) is 0 Å². The van der Waals surface area contributed by atoms with Gasteiger partial charge in [-0.05, 0) is 17.7 Å². The fourth-order valence-electron chi connectivity index (χ4n) is 1.40. The third kappa shape index (κ3) is 3.64. The van der Waals surface area contributed by atoms with Gasteiger partial charge in [-0.1, -0.05) is 12.1 Å². The summed E-state index contributed by atoms with van der Waals surface area (Å²) < 4.78 is 15.3. The molecule has 1 aromatic rings. The van der Waals surface area contributed by atoms with E-state index in [1.54, 1.807) is 21.3 Å². The van der Waals surface area contributed by atoms with Crippen molar-refractivity contribution >= 4 is 12.4 Å². The molecule has 1 atom stereocenters. The van der Waals surface area contributed by atoms with Crippen LogP contribution >= 0.6 is 12.4 Å². The highest BCUT2D eigenvalue weighted by molar-refractivity contribution is 5.85. The maximum absolute atomic E-state index is 5.98. The number of methoxy groups -OCH3 is 3. The van der Waals surface area contributed by atoms with Crippen LogP contribution in [0.3, 0.4) is 0 Å². The first-order valence-electron chi connectivity index (χ1n) is 4.68. The highest BCUT2D eigenvalue weighted by Crippen LogP contribution is 2.21. The van der Waals surface area contributed by atoms with E-state index < -0.39 is 6.29 Å². The Morgan fingerprint density at radius 1 is 1.12 bits per heavy atom. The second-order valence-electron chi connectivity index (χ2n) is 3.14. The van der Waals surface area contributed by atoms with E-state index in [4.69, 9.17) is 19.9 Å². The van der Waals surface area contributed by atoms with Gasteiger partial charge in [-0.25, -0.2) is 0 Å². The van der Waals surface area contributed by atoms with Gasteiger partial charge < -0.3 is 19.9 Å². The standard InChI is InChI=1S/C11H17NO3.ClH/c1-13-9-6-4-5-8(7-9)10(12)11(14-2)15-3;/h4-7,10-11H,12H2,1-3H3;1H. The van der Waals surface area contributed by atoms with Crippen LogP contribution < -0.4 is 10.5 Å². The molecule has 0 bridgehead atoms. The van der Waals surface area contributed by atoms with E-state index in [9.17, 15) is 0 Å². The SMILES string of the molecule is COc1cccc(C(N)C(OC)OC)c1.Cl. The van der Waals surface area contributed by atoms with Crippen molar-refractivity contribution in [2.75, 3.05) is 21.3 Å². The van der Waals surface area contributed by atoms with Gasteiger partial charge in [0, 0.05) is 14.2 Å². The molecular weight excluding hydrogens is 230 g/mol. The van der Waals surface area contributed by atoms with E-state index in [2.05, 4.69) is 0 Å². The molecule has 2 N–H and O–H groups in total. The second kappa shape index (κ2) is 7.46. The fourth-order valence-corrected chi connectivity index (χ4v) is 1.40. The maximum atomic E-state index is 5.98. The van der Waals surface area contributed by atoms with Gasteiger partial charge in [0.25, 0.3) is 0 Å². The second-order valence-corrected chi connectivity index (χ2v) is 3.14. The molecule has 1 aromatic carbocycles. The minimum atomic E-state index is -0.447. The van der Waals surface area contributed by atoms with E-state index in [0.29, 0.717) is 0 Å². The quantitative estimate of drug-likeness (QED) is 0.806. The predicted octanol–water partition coefficient (Wildman–Crippen LogP) is 1.74. The minimum Gasteiger partial charge on any atom is -0.497 e. The molecule has 4 nitrogen and oxygen atoms in total. The van der Waals surface area contributed by atoms with Gasteiger partial charge in [-0.15, -0.1) is 12.4 Å². The van der Waals surface area contributed by atoms with Crippen LogP contribution in [0.1, 0.15) is 11.6 Å². The Balaban J connectivity index is 0.00000225. The first-order valence-corrected chi connectivity index (χ1v) is 4.68. The van der Waals surface area contributed by atoms with Crippen LogP contribution in [0.5, 0.6) is 5.75 Å². The predicted molar refractivity (Wildman–Crippen MR) is 65.0 cm³/mol. The third-order valence-electron chi connectivity index (χ3n) is 2.24. The maximum Gasteiger partial charge on any atom is 0.176 e. The zero-order valence-corrected chi connectivity index (χ0v) is 10.5. The van der Waals surface area contributed by atoms with Crippen molar-refractivity contribution in [3.8, 4) is 5.75 Å². The molecule has 0 aromatic heterocycles. The molecule has 0 saturated carbocycles. The molecule has 0 spiro atoms. The number of benzene rings is 1. The van der Waals surface area contributed by atoms with E-state index in [1.165, 1.54) is 0 Å². The molecule has 1 rings (SSSR count). The monoisotopic (exact) mass is 247 g/mol.